The average molecular weight is 273 g/mol. The molecule has 0 spiro atoms. The lowest BCUT2D eigenvalue weighted by Crippen LogP contribution is -2.21. The van der Waals surface area contributed by atoms with Gasteiger partial charge in [0.2, 0.25) is 0 Å². The van der Waals surface area contributed by atoms with Crippen LogP contribution >= 0.6 is 0 Å². The third-order valence-corrected chi connectivity index (χ3v) is 2.63. The Bertz CT molecular complexity index is 631. The number of rotatable bonds is 5. The summed E-state index contributed by atoms with van der Waals surface area (Å²) in [6.45, 7) is 0. The molecule has 0 aliphatic heterocycles. The van der Waals surface area contributed by atoms with E-state index < -0.39 is 16.9 Å². The van der Waals surface area contributed by atoms with Crippen LogP contribution in [0.1, 0.15) is 11.6 Å². The van der Waals surface area contributed by atoms with Crippen molar-refractivity contribution in [2.45, 2.75) is 6.04 Å². The maximum atomic E-state index is 11.3. The van der Waals surface area contributed by atoms with E-state index in [1.54, 1.807) is 30.3 Å². The van der Waals surface area contributed by atoms with Crippen LogP contribution in [-0.2, 0) is 4.79 Å². The van der Waals surface area contributed by atoms with Crippen molar-refractivity contribution in [3.63, 3.8) is 0 Å². The van der Waals surface area contributed by atoms with E-state index in [2.05, 4.69) is 10.3 Å². The van der Waals surface area contributed by atoms with E-state index in [-0.39, 0.29) is 11.5 Å². The Morgan fingerprint density at radius 2 is 2.00 bits per heavy atom. The summed E-state index contributed by atoms with van der Waals surface area (Å²) in [5, 5.41) is 22.6. The monoisotopic (exact) mass is 273 g/mol. The Kier molecular flexibility index (Phi) is 3.90. The zero-order valence-corrected chi connectivity index (χ0v) is 10.3. The number of nitro groups is 1. The first-order chi connectivity index (χ1) is 9.58. The highest BCUT2D eigenvalue weighted by atomic mass is 16.6. The molecule has 0 fully saturated rings. The Hall–Kier alpha value is -2.96. The van der Waals surface area contributed by atoms with Crippen LogP contribution in [0.15, 0.2) is 48.7 Å². The van der Waals surface area contributed by atoms with Crippen LogP contribution in [0.5, 0.6) is 0 Å². The molecule has 2 aromatic rings. The van der Waals surface area contributed by atoms with Gasteiger partial charge in [0.1, 0.15) is 5.82 Å². The van der Waals surface area contributed by atoms with E-state index >= 15 is 0 Å². The minimum absolute atomic E-state index is 0.135. The van der Waals surface area contributed by atoms with Crippen molar-refractivity contribution in [3.05, 3.63) is 64.3 Å². The molecule has 0 saturated carbocycles. The zero-order valence-electron chi connectivity index (χ0n) is 10.3. The second-order valence-corrected chi connectivity index (χ2v) is 3.98. The molecule has 2 N–H and O–H groups in total. The standard InChI is InChI=1S/C13H11N3O4/c17-13(18)12(9-4-2-1-3-5-9)15-11-8-10(16(19)20)6-7-14-11/h1-8,12H,(H,14,15)(H,17,18). The van der Waals surface area contributed by atoms with Gasteiger partial charge in [0.05, 0.1) is 11.0 Å². The first-order valence-corrected chi connectivity index (χ1v) is 5.72. The Morgan fingerprint density at radius 1 is 1.30 bits per heavy atom. The fourth-order valence-corrected chi connectivity index (χ4v) is 1.69. The summed E-state index contributed by atoms with van der Waals surface area (Å²) in [7, 11) is 0. The summed E-state index contributed by atoms with van der Waals surface area (Å²) < 4.78 is 0. The third-order valence-electron chi connectivity index (χ3n) is 2.63. The molecule has 0 radical (unpaired) electrons. The van der Waals surface area contributed by atoms with E-state index in [4.69, 9.17) is 0 Å². The van der Waals surface area contributed by atoms with Gasteiger partial charge in [-0.2, -0.15) is 0 Å². The Balaban J connectivity index is 2.27. The lowest BCUT2D eigenvalue weighted by molar-refractivity contribution is -0.384. The number of aromatic nitrogens is 1. The second-order valence-electron chi connectivity index (χ2n) is 3.98. The van der Waals surface area contributed by atoms with Crippen molar-refractivity contribution < 1.29 is 14.8 Å². The highest BCUT2D eigenvalue weighted by Gasteiger charge is 2.20. The molecule has 0 aliphatic rings. The van der Waals surface area contributed by atoms with Gasteiger partial charge in [0.25, 0.3) is 5.69 Å². The largest absolute Gasteiger partial charge is 0.479 e. The smallest absolute Gasteiger partial charge is 0.330 e. The van der Waals surface area contributed by atoms with Crippen LogP contribution in [-0.4, -0.2) is 21.0 Å². The Morgan fingerprint density at radius 3 is 2.60 bits per heavy atom. The van der Waals surface area contributed by atoms with Crippen molar-refractivity contribution in [3.8, 4) is 0 Å². The number of nitrogens with zero attached hydrogens (tertiary/aromatic N) is 2. The number of carbonyl (C=O) groups is 1. The van der Waals surface area contributed by atoms with Gasteiger partial charge < -0.3 is 10.4 Å². The summed E-state index contributed by atoms with van der Waals surface area (Å²) in [4.78, 5) is 25.3. The maximum absolute atomic E-state index is 11.3. The van der Waals surface area contributed by atoms with E-state index in [9.17, 15) is 20.0 Å². The van der Waals surface area contributed by atoms with Crippen LogP contribution in [0.2, 0.25) is 0 Å². The minimum atomic E-state index is -1.09. The van der Waals surface area contributed by atoms with Gasteiger partial charge in [-0.3, -0.25) is 10.1 Å². The molecule has 0 bridgehead atoms. The van der Waals surface area contributed by atoms with Crippen LogP contribution in [0.3, 0.4) is 0 Å². The molecule has 7 nitrogen and oxygen atoms in total. The number of hydrogen-bond acceptors (Lipinski definition) is 5. The number of anilines is 1. The van der Waals surface area contributed by atoms with Gasteiger partial charge in [0, 0.05) is 12.3 Å². The zero-order chi connectivity index (χ0) is 14.5. The number of nitrogens with one attached hydrogen (secondary N) is 1. The second kappa shape index (κ2) is 5.79. The van der Waals surface area contributed by atoms with Gasteiger partial charge >= 0.3 is 5.97 Å². The highest BCUT2D eigenvalue weighted by Crippen LogP contribution is 2.21. The summed E-state index contributed by atoms with van der Waals surface area (Å²) in [6.07, 6.45) is 1.25. The molecule has 0 amide bonds. The fraction of sp³-hybridized carbons (Fsp3) is 0.0769. The maximum Gasteiger partial charge on any atom is 0.330 e. The molecule has 1 aromatic heterocycles. The van der Waals surface area contributed by atoms with Crippen LogP contribution in [0.4, 0.5) is 11.5 Å². The van der Waals surface area contributed by atoms with Crippen molar-refractivity contribution in [1.82, 2.24) is 4.98 Å². The van der Waals surface area contributed by atoms with Crippen molar-refractivity contribution in [2.24, 2.45) is 0 Å². The topological polar surface area (TPSA) is 105 Å². The molecule has 0 saturated heterocycles. The predicted molar refractivity (Wildman–Crippen MR) is 71.3 cm³/mol. The number of carboxylic acid groups (broad SMARTS) is 1. The van der Waals surface area contributed by atoms with Crippen LogP contribution < -0.4 is 5.32 Å². The van der Waals surface area contributed by atoms with E-state index in [1.807, 2.05) is 0 Å². The lowest BCUT2D eigenvalue weighted by Gasteiger charge is -2.15. The lowest BCUT2D eigenvalue weighted by atomic mass is 10.1. The molecule has 102 valence electrons. The molecular formula is C13H11N3O4. The van der Waals surface area contributed by atoms with Gasteiger partial charge in [-0.25, -0.2) is 9.78 Å². The molecule has 7 heteroatoms. The quantitative estimate of drug-likeness (QED) is 0.639. The molecule has 1 atom stereocenters. The number of pyridine rings is 1. The summed E-state index contributed by atoms with van der Waals surface area (Å²) in [5.41, 5.74) is 0.382. The van der Waals surface area contributed by atoms with Gasteiger partial charge in [-0.15, -0.1) is 0 Å². The number of benzene rings is 1. The van der Waals surface area contributed by atoms with Crippen molar-refractivity contribution >= 4 is 17.5 Å². The molecule has 2 rings (SSSR count). The fourth-order valence-electron chi connectivity index (χ4n) is 1.69. The summed E-state index contributed by atoms with van der Waals surface area (Å²) in [5.74, 6) is -0.958. The van der Waals surface area contributed by atoms with Crippen LogP contribution in [0, 0.1) is 10.1 Å². The number of hydrogen-bond donors (Lipinski definition) is 2. The first-order valence-electron chi connectivity index (χ1n) is 5.72. The van der Waals surface area contributed by atoms with Gasteiger partial charge in [-0.1, -0.05) is 30.3 Å². The number of carboxylic acids is 1. The molecule has 0 aliphatic carbocycles. The molecule has 1 unspecified atom stereocenters. The van der Waals surface area contributed by atoms with E-state index in [0.717, 1.165) is 0 Å². The van der Waals surface area contributed by atoms with Gasteiger partial charge in [0.15, 0.2) is 6.04 Å². The van der Waals surface area contributed by atoms with E-state index in [0.29, 0.717) is 5.56 Å². The molecule has 20 heavy (non-hydrogen) atoms. The average Bonchev–Trinajstić information content (AvgIpc) is 2.45. The molecule has 1 heterocycles. The number of aliphatic carboxylic acids is 1. The summed E-state index contributed by atoms with van der Waals surface area (Å²) in [6, 6.07) is 9.93. The Labute approximate surface area is 114 Å². The molecule has 1 aromatic carbocycles. The van der Waals surface area contributed by atoms with Gasteiger partial charge in [-0.05, 0) is 5.56 Å². The predicted octanol–water partition coefficient (Wildman–Crippen LogP) is 2.23. The first kappa shape index (κ1) is 13.5. The van der Waals surface area contributed by atoms with Crippen molar-refractivity contribution in [2.75, 3.05) is 5.32 Å². The minimum Gasteiger partial charge on any atom is -0.479 e. The van der Waals surface area contributed by atoms with Crippen LogP contribution in [0.25, 0.3) is 0 Å². The van der Waals surface area contributed by atoms with Crippen molar-refractivity contribution in [1.29, 1.82) is 0 Å². The highest BCUT2D eigenvalue weighted by molar-refractivity contribution is 5.79. The third kappa shape index (κ3) is 3.08. The normalized spacial score (nSPS) is 11.6. The SMILES string of the molecule is O=C(O)C(Nc1cc([N+](=O)[O-])ccn1)c1ccccc1. The summed E-state index contributed by atoms with van der Waals surface area (Å²) >= 11 is 0. The van der Waals surface area contributed by atoms with E-state index in [1.165, 1.54) is 18.3 Å². The molecular weight excluding hydrogens is 262 g/mol.